The number of amides is 1. The van der Waals surface area contributed by atoms with Crippen LogP contribution in [0.5, 0.6) is 0 Å². The number of alkyl halides is 1. The summed E-state index contributed by atoms with van der Waals surface area (Å²) in [5, 5.41) is 0.0539. The molecule has 0 aliphatic carbocycles. The second-order valence-electron chi connectivity index (χ2n) is 3.54. The lowest BCUT2D eigenvalue weighted by molar-refractivity contribution is -0.129. The molecule has 0 atom stereocenters. The largest absolute Gasteiger partial charge is 0.342 e. The molecule has 1 rings (SSSR count). The predicted molar refractivity (Wildman–Crippen MR) is 58.2 cm³/mol. The van der Waals surface area contributed by atoms with Crippen molar-refractivity contribution in [2.45, 2.75) is 18.1 Å². The monoisotopic (exact) mass is 283 g/mol. The topological polar surface area (TPSA) is 54.5 Å². The average Bonchev–Trinajstić information content (AvgIpc) is 2.15. The van der Waals surface area contributed by atoms with Crippen LogP contribution in [0.25, 0.3) is 0 Å². The van der Waals surface area contributed by atoms with Gasteiger partial charge in [-0.3, -0.25) is 4.79 Å². The van der Waals surface area contributed by atoms with Crippen molar-refractivity contribution in [2.75, 3.05) is 24.7 Å². The molecule has 82 valence electrons. The summed E-state index contributed by atoms with van der Waals surface area (Å²) in [4.78, 5) is 13.0. The van der Waals surface area contributed by atoms with Gasteiger partial charge in [0, 0.05) is 19.3 Å². The zero-order valence-corrected chi connectivity index (χ0v) is 10.5. The molecule has 0 radical (unpaired) electrons. The van der Waals surface area contributed by atoms with Crippen LogP contribution in [0.4, 0.5) is 0 Å². The van der Waals surface area contributed by atoms with Gasteiger partial charge < -0.3 is 4.90 Å². The lowest BCUT2D eigenvalue weighted by Gasteiger charge is -2.30. The third kappa shape index (κ3) is 2.95. The molecule has 0 aromatic carbocycles. The third-order valence-corrected chi connectivity index (χ3v) is 4.68. The van der Waals surface area contributed by atoms with Crippen molar-refractivity contribution in [2.24, 2.45) is 0 Å². The second-order valence-corrected chi connectivity index (χ2v) is 6.43. The SMILES string of the molecule is CS(=O)(=O)C1CCN(C(=O)CBr)CC1. The predicted octanol–water partition coefficient (Wildman–Crippen LogP) is 0.417. The van der Waals surface area contributed by atoms with Crippen molar-refractivity contribution in [1.82, 2.24) is 4.90 Å². The van der Waals surface area contributed by atoms with E-state index in [1.54, 1.807) is 4.90 Å². The molecule has 0 spiro atoms. The molecule has 1 fully saturated rings. The van der Waals surface area contributed by atoms with Gasteiger partial charge in [0.15, 0.2) is 0 Å². The number of halogens is 1. The van der Waals surface area contributed by atoms with E-state index in [2.05, 4.69) is 15.9 Å². The van der Waals surface area contributed by atoms with Gasteiger partial charge in [-0.15, -0.1) is 0 Å². The lowest BCUT2D eigenvalue weighted by Crippen LogP contribution is -2.42. The first-order valence-corrected chi connectivity index (χ1v) is 7.55. The highest BCUT2D eigenvalue weighted by molar-refractivity contribution is 9.09. The molecule has 0 aromatic heterocycles. The number of sulfone groups is 1. The summed E-state index contributed by atoms with van der Waals surface area (Å²) in [6.45, 7) is 1.12. The Morgan fingerprint density at radius 1 is 1.43 bits per heavy atom. The van der Waals surface area contributed by atoms with E-state index >= 15 is 0 Å². The highest BCUT2D eigenvalue weighted by Crippen LogP contribution is 2.17. The molecule has 14 heavy (non-hydrogen) atoms. The van der Waals surface area contributed by atoms with Gasteiger partial charge in [0.2, 0.25) is 5.91 Å². The average molecular weight is 284 g/mol. The minimum absolute atomic E-state index is 0.0388. The van der Waals surface area contributed by atoms with Crippen LogP contribution in [0, 0.1) is 0 Å². The van der Waals surface area contributed by atoms with Crippen LogP contribution < -0.4 is 0 Å². The molecule has 1 aliphatic heterocycles. The molecule has 0 bridgehead atoms. The summed E-state index contributed by atoms with van der Waals surface area (Å²) in [6.07, 6.45) is 2.40. The number of carbonyl (C=O) groups is 1. The fourth-order valence-electron chi connectivity index (χ4n) is 1.62. The van der Waals surface area contributed by atoms with Crippen LogP contribution in [-0.2, 0) is 14.6 Å². The molecule has 0 aromatic rings. The first kappa shape index (κ1) is 12.0. The summed E-state index contributed by atoms with van der Waals surface area (Å²) in [7, 11) is -2.93. The van der Waals surface area contributed by atoms with Crippen LogP contribution >= 0.6 is 15.9 Å². The molecular formula is C8H14BrNO3S. The van der Waals surface area contributed by atoms with Crippen LogP contribution in [0.15, 0.2) is 0 Å². The normalized spacial score (nSPS) is 19.7. The van der Waals surface area contributed by atoms with Gasteiger partial charge in [-0.1, -0.05) is 15.9 Å². The van der Waals surface area contributed by atoms with E-state index in [1.165, 1.54) is 6.26 Å². The van der Waals surface area contributed by atoms with E-state index in [0.29, 0.717) is 31.3 Å². The van der Waals surface area contributed by atoms with Gasteiger partial charge in [0.05, 0.1) is 10.6 Å². The summed E-state index contributed by atoms with van der Waals surface area (Å²) in [6, 6.07) is 0. The highest BCUT2D eigenvalue weighted by atomic mass is 79.9. The number of hydrogen-bond acceptors (Lipinski definition) is 3. The number of hydrogen-bond donors (Lipinski definition) is 0. The number of rotatable bonds is 2. The Kier molecular flexibility index (Phi) is 3.94. The summed E-state index contributed by atoms with van der Waals surface area (Å²) >= 11 is 3.10. The molecule has 6 heteroatoms. The van der Waals surface area contributed by atoms with E-state index in [4.69, 9.17) is 0 Å². The van der Waals surface area contributed by atoms with Gasteiger partial charge in [-0.05, 0) is 12.8 Å². The molecule has 0 unspecified atom stereocenters. The first-order chi connectivity index (χ1) is 6.45. The van der Waals surface area contributed by atoms with Gasteiger partial charge in [0.1, 0.15) is 9.84 Å². The molecule has 0 saturated carbocycles. The second kappa shape index (κ2) is 4.61. The number of piperidine rings is 1. The summed E-state index contributed by atoms with van der Waals surface area (Å²) in [5.41, 5.74) is 0. The van der Waals surface area contributed by atoms with Crippen molar-refractivity contribution >= 4 is 31.7 Å². The highest BCUT2D eigenvalue weighted by Gasteiger charge is 2.28. The van der Waals surface area contributed by atoms with Gasteiger partial charge in [0.25, 0.3) is 0 Å². The third-order valence-electron chi connectivity index (χ3n) is 2.51. The Morgan fingerprint density at radius 3 is 2.29 bits per heavy atom. The molecule has 0 N–H and O–H groups in total. The molecule has 4 nitrogen and oxygen atoms in total. The van der Waals surface area contributed by atoms with Crippen LogP contribution in [0.1, 0.15) is 12.8 Å². The molecule has 1 saturated heterocycles. The van der Waals surface area contributed by atoms with Crippen molar-refractivity contribution in [3.8, 4) is 0 Å². The maximum absolute atomic E-state index is 11.3. The van der Waals surface area contributed by atoms with E-state index in [9.17, 15) is 13.2 Å². The maximum Gasteiger partial charge on any atom is 0.233 e. The van der Waals surface area contributed by atoms with E-state index in [-0.39, 0.29) is 11.2 Å². The molecular weight excluding hydrogens is 270 g/mol. The molecule has 1 aliphatic rings. The van der Waals surface area contributed by atoms with E-state index in [1.807, 2.05) is 0 Å². The van der Waals surface area contributed by atoms with Crippen LogP contribution in [0.2, 0.25) is 0 Å². The summed E-state index contributed by atoms with van der Waals surface area (Å²) in [5.74, 6) is 0.0388. The Hall–Kier alpha value is -0.100. The van der Waals surface area contributed by atoms with Gasteiger partial charge >= 0.3 is 0 Å². The zero-order valence-electron chi connectivity index (χ0n) is 8.07. The quantitative estimate of drug-likeness (QED) is 0.690. The number of carbonyl (C=O) groups excluding carboxylic acids is 1. The zero-order chi connectivity index (χ0) is 10.8. The Bertz CT molecular complexity index is 307. The molecule has 1 amide bonds. The van der Waals surface area contributed by atoms with Gasteiger partial charge in [-0.2, -0.15) is 0 Å². The number of likely N-dealkylation sites (tertiary alicyclic amines) is 1. The molecule has 1 heterocycles. The van der Waals surface area contributed by atoms with Crippen molar-refractivity contribution in [3.63, 3.8) is 0 Å². The minimum atomic E-state index is -2.93. The first-order valence-electron chi connectivity index (χ1n) is 4.47. The van der Waals surface area contributed by atoms with Crippen molar-refractivity contribution in [3.05, 3.63) is 0 Å². The fraction of sp³-hybridized carbons (Fsp3) is 0.875. The minimum Gasteiger partial charge on any atom is -0.342 e. The fourth-order valence-corrected chi connectivity index (χ4v) is 3.04. The number of nitrogens with zero attached hydrogens (tertiary/aromatic N) is 1. The van der Waals surface area contributed by atoms with E-state index < -0.39 is 9.84 Å². The van der Waals surface area contributed by atoms with Crippen LogP contribution in [-0.4, -0.2) is 49.2 Å². The van der Waals surface area contributed by atoms with Gasteiger partial charge in [-0.25, -0.2) is 8.42 Å². The van der Waals surface area contributed by atoms with Crippen molar-refractivity contribution in [1.29, 1.82) is 0 Å². The van der Waals surface area contributed by atoms with Crippen LogP contribution in [0.3, 0.4) is 0 Å². The smallest absolute Gasteiger partial charge is 0.233 e. The standard InChI is InChI=1S/C8H14BrNO3S/c1-14(12,13)7-2-4-10(5-3-7)8(11)6-9/h7H,2-6H2,1H3. The Balaban J connectivity index is 2.51. The van der Waals surface area contributed by atoms with Crippen molar-refractivity contribution < 1.29 is 13.2 Å². The maximum atomic E-state index is 11.3. The Morgan fingerprint density at radius 2 is 1.93 bits per heavy atom. The summed E-state index contributed by atoms with van der Waals surface area (Å²) < 4.78 is 22.4. The Labute approximate surface area is 92.7 Å². The lowest BCUT2D eigenvalue weighted by atomic mass is 10.1. The van der Waals surface area contributed by atoms with E-state index in [0.717, 1.165) is 0 Å².